The van der Waals surface area contributed by atoms with Gasteiger partial charge in [0.1, 0.15) is 12.4 Å². The molecule has 3 aromatic carbocycles. The molecule has 120 valence electrons. The first kappa shape index (κ1) is 16.2. The number of benzene rings is 3. The Bertz CT molecular complexity index is 848. The Labute approximate surface area is 148 Å². The lowest BCUT2D eigenvalue weighted by molar-refractivity contribution is -0.384. The van der Waals surface area contributed by atoms with Crippen LogP contribution in [0.25, 0.3) is 11.1 Å². The lowest BCUT2D eigenvalue weighted by Gasteiger charge is -2.08. The van der Waals surface area contributed by atoms with Crippen LogP contribution in [0.5, 0.6) is 5.75 Å². The molecule has 0 saturated carbocycles. The van der Waals surface area contributed by atoms with Gasteiger partial charge in [-0.25, -0.2) is 0 Å². The average Bonchev–Trinajstić information content (AvgIpc) is 2.61. The molecule has 0 atom stereocenters. The van der Waals surface area contributed by atoms with Gasteiger partial charge in [0, 0.05) is 10.5 Å². The molecule has 0 saturated heterocycles. The van der Waals surface area contributed by atoms with Crippen LogP contribution < -0.4 is 4.74 Å². The smallest absolute Gasteiger partial charge is 0.278 e. The number of rotatable bonds is 5. The summed E-state index contributed by atoms with van der Waals surface area (Å²) in [7, 11) is 0. The Balaban J connectivity index is 1.79. The first-order valence-electron chi connectivity index (χ1n) is 7.34. The van der Waals surface area contributed by atoms with E-state index < -0.39 is 0 Å². The Hall–Kier alpha value is -2.66. The molecule has 5 heteroatoms. The van der Waals surface area contributed by atoms with Crippen LogP contribution >= 0.6 is 15.9 Å². The summed E-state index contributed by atoms with van der Waals surface area (Å²) < 4.78 is 6.42. The molecule has 0 spiro atoms. The zero-order valence-electron chi connectivity index (χ0n) is 12.7. The summed E-state index contributed by atoms with van der Waals surface area (Å²) in [6.07, 6.45) is 0. The molecule has 24 heavy (non-hydrogen) atoms. The Morgan fingerprint density at radius 2 is 1.67 bits per heavy atom. The van der Waals surface area contributed by atoms with Crippen molar-refractivity contribution in [3.63, 3.8) is 0 Å². The number of nitrogens with zero attached hydrogens (tertiary/aromatic N) is 1. The van der Waals surface area contributed by atoms with Gasteiger partial charge in [-0.15, -0.1) is 0 Å². The fourth-order valence-corrected chi connectivity index (χ4v) is 2.72. The first-order valence-corrected chi connectivity index (χ1v) is 8.14. The quantitative estimate of drug-likeness (QED) is 0.425. The molecule has 0 bridgehead atoms. The molecule has 4 nitrogen and oxygen atoms in total. The highest BCUT2D eigenvalue weighted by Gasteiger charge is 2.15. The molecular formula is C19H14BrNO3. The van der Waals surface area contributed by atoms with E-state index in [0.717, 1.165) is 16.9 Å². The molecule has 0 amide bonds. The van der Waals surface area contributed by atoms with E-state index in [4.69, 9.17) is 4.74 Å². The summed E-state index contributed by atoms with van der Waals surface area (Å²) in [6, 6.07) is 22.2. The van der Waals surface area contributed by atoms with Crippen LogP contribution in [0.1, 0.15) is 5.56 Å². The minimum atomic E-state index is -0.375. The fraction of sp³-hybridized carbons (Fsp3) is 0.0526. The fourth-order valence-electron chi connectivity index (χ4n) is 2.37. The molecule has 3 aromatic rings. The highest BCUT2D eigenvalue weighted by Crippen LogP contribution is 2.33. The summed E-state index contributed by atoms with van der Waals surface area (Å²) in [5, 5.41) is 11.2. The van der Waals surface area contributed by atoms with Gasteiger partial charge in [-0.3, -0.25) is 10.1 Å². The van der Waals surface area contributed by atoms with Crippen LogP contribution in [0.4, 0.5) is 5.69 Å². The monoisotopic (exact) mass is 383 g/mol. The molecule has 0 N–H and O–H groups in total. The van der Waals surface area contributed by atoms with Gasteiger partial charge in [0.2, 0.25) is 0 Å². The topological polar surface area (TPSA) is 52.4 Å². The number of nitro groups is 1. The lowest BCUT2D eigenvalue weighted by Crippen LogP contribution is -1.95. The van der Waals surface area contributed by atoms with Gasteiger partial charge >= 0.3 is 0 Å². The van der Waals surface area contributed by atoms with E-state index in [1.165, 1.54) is 6.07 Å². The normalized spacial score (nSPS) is 10.4. The van der Waals surface area contributed by atoms with E-state index in [0.29, 0.717) is 16.6 Å². The average molecular weight is 384 g/mol. The second kappa shape index (κ2) is 7.27. The molecule has 0 aliphatic rings. The summed E-state index contributed by atoms with van der Waals surface area (Å²) in [6.45, 7) is 0.485. The van der Waals surface area contributed by atoms with Crippen molar-refractivity contribution in [1.29, 1.82) is 0 Å². The zero-order valence-corrected chi connectivity index (χ0v) is 14.3. The zero-order chi connectivity index (χ0) is 16.9. The second-order valence-corrected chi connectivity index (χ2v) is 6.13. The van der Waals surface area contributed by atoms with Gasteiger partial charge in [-0.1, -0.05) is 58.4 Å². The molecular weight excluding hydrogens is 370 g/mol. The maximum atomic E-state index is 11.2. The molecule has 0 unspecified atom stereocenters. The van der Waals surface area contributed by atoms with Crippen molar-refractivity contribution in [1.82, 2.24) is 0 Å². The number of hydrogen-bond acceptors (Lipinski definition) is 3. The van der Waals surface area contributed by atoms with Crippen LogP contribution in [0.3, 0.4) is 0 Å². The number of nitro benzene ring substituents is 1. The SMILES string of the molecule is O=[N+]([O-])c1cc(Br)ccc1-c1ccc(OCc2ccccc2)cc1. The standard InChI is InChI=1S/C19H14BrNO3/c20-16-8-11-18(19(12-16)21(22)23)15-6-9-17(10-7-15)24-13-14-4-2-1-3-5-14/h1-12H,13H2. The van der Waals surface area contributed by atoms with E-state index >= 15 is 0 Å². The maximum absolute atomic E-state index is 11.2. The van der Waals surface area contributed by atoms with Gasteiger partial charge < -0.3 is 4.74 Å². The van der Waals surface area contributed by atoms with Crippen molar-refractivity contribution in [2.45, 2.75) is 6.61 Å². The van der Waals surface area contributed by atoms with Crippen LogP contribution in [-0.2, 0) is 6.61 Å². The van der Waals surface area contributed by atoms with Crippen LogP contribution in [-0.4, -0.2) is 4.92 Å². The highest BCUT2D eigenvalue weighted by molar-refractivity contribution is 9.10. The Kier molecular flexibility index (Phi) is 4.91. The summed E-state index contributed by atoms with van der Waals surface area (Å²) in [4.78, 5) is 10.9. The van der Waals surface area contributed by atoms with Crippen molar-refractivity contribution in [3.05, 3.63) is 92.9 Å². The number of halogens is 1. The van der Waals surface area contributed by atoms with Gasteiger partial charge in [-0.2, -0.15) is 0 Å². The van der Waals surface area contributed by atoms with E-state index in [1.54, 1.807) is 12.1 Å². The minimum Gasteiger partial charge on any atom is -0.489 e. The molecule has 0 aromatic heterocycles. The van der Waals surface area contributed by atoms with Crippen molar-refractivity contribution in [2.75, 3.05) is 0 Å². The van der Waals surface area contributed by atoms with Gasteiger partial charge in [0.25, 0.3) is 5.69 Å². The Morgan fingerprint density at radius 1 is 0.958 bits per heavy atom. The van der Waals surface area contributed by atoms with E-state index in [9.17, 15) is 10.1 Å². The summed E-state index contributed by atoms with van der Waals surface area (Å²) in [5.41, 5.74) is 2.52. The van der Waals surface area contributed by atoms with Crippen LogP contribution in [0.2, 0.25) is 0 Å². The van der Waals surface area contributed by atoms with Gasteiger partial charge in [-0.05, 0) is 35.4 Å². The molecule has 0 heterocycles. The van der Waals surface area contributed by atoms with Crippen LogP contribution in [0, 0.1) is 10.1 Å². The molecule has 0 radical (unpaired) electrons. The Morgan fingerprint density at radius 3 is 2.33 bits per heavy atom. The maximum Gasteiger partial charge on any atom is 0.278 e. The molecule has 0 fully saturated rings. The largest absolute Gasteiger partial charge is 0.489 e. The van der Waals surface area contributed by atoms with Crippen molar-refractivity contribution < 1.29 is 9.66 Å². The minimum absolute atomic E-state index is 0.0716. The lowest BCUT2D eigenvalue weighted by atomic mass is 10.0. The van der Waals surface area contributed by atoms with Crippen molar-refractivity contribution in [3.8, 4) is 16.9 Å². The number of ether oxygens (including phenoxy) is 1. The van der Waals surface area contributed by atoms with Gasteiger partial charge in [0.05, 0.1) is 10.5 Å². The third-order valence-electron chi connectivity index (χ3n) is 3.57. The molecule has 3 rings (SSSR count). The summed E-state index contributed by atoms with van der Waals surface area (Å²) >= 11 is 3.27. The summed E-state index contributed by atoms with van der Waals surface area (Å²) in [5.74, 6) is 0.724. The van der Waals surface area contributed by atoms with E-state index in [2.05, 4.69) is 15.9 Å². The predicted molar refractivity (Wildman–Crippen MR) is 97.0 cm³/mol. The number of hydrogen-bond donors (Lipinski definition) is 0. The van der Waals surface area contributed by atoms with E-state index in [1.807, 2.05) is 54.6 Å². The predicted octanol–water partition coefficient (Wildman–Crippen LogP) is 5.60. The first-order chi connectivity index (χ1) is 11.6. The third kappa shape index (κ3) is 3.81. The second-order valence-electron chi connectivity index (χ2n) is 5.22. The van der Waals surface area contributed by atoms with Crippen LogP contribution in [0.15, 0.2) is 77.3 Å². The molecule has 0 aliphatic carbocycles. The molecule has 0 aliphatic heterocycles. The third-order valence-corrected chi connectivity index (χ3v) is 4.06. The van der Waals surface area contributed by atoms with Gasteiger partial charge in [0.15, 0.2) is 0 Å². The highest BCUT2D eigenvalue weighted by atomic mass is 79.9. The van der Waals surface area contributed by atoms with Crippen molar-refractivity contribution in [2.24, 2.45) is 0 Å². The van der Waals surface area contributed by atoms with Crippen molar-refractivity contribution >= 4 is 21.6 Å². The van der Waals surface area contributed by atoms with E-state index in [-0.39, 0.29) is 10.6 Å².